The average Bonchev–Trinajstić information content (AvgIpc) is 2.82. The minimum Gasteiger partial charge on any atom is -0.481 e. The van der Waals surface area contributed by atoms with Crippen LogP contribution in [0.3, 0.4) is 0 Å². The summed E-state index contributed by atoms with van der Waals surface area (Å²) in [4.78, 5) is 31.6. The molecule has 0 radical (unpaired) electrons. The monoisotopic (exact) mass is 446 g/mol. The van der Waals surface area contributed by atoms with Crippen molar-refractivity contribution in [3.8, 4) is 17.1 Å². The molecule has 2 aromatic carbocycles. The van der Waals surface area contributed by atoms with Crippen LogP contribution in [-0.2, 0) is 4.79 Å². The van der Waals surface area contributed by atoms with Gasteiger partial charge in [-0.05, 0) is 61.4 Å². The molecular weight excluding hydrogens is 420 g/mol. The molecular formula is C25H26N4O4. The Labute approximate surface area is 192 Å². The summed E-state index contributed by atoms with van der Waals surface area (Å²) in [5, 5.41) is 14.5. The van der Waals surface area contributed by atoms with Crippen molar-refractivity contribution in [2.75, 3.05) is 10.6 Å². The molecule has 33 heavy (non-hydrogen) atoms. The Kier molecular flexibility index (Phi) is 7.14. The molecule has 8 heteroatoms. The normalized spacial score (nSPS) is 17.7. The van der Waals surface area contributed by atoms with Crippen LogP contribution in [0.2, 0.25) is 0 Å². The van der Waals surface area contributed by atoms with Gasteiger partial charge in [0.2, 0.25) is 0 Å². The molecule has 0 atom stereocenters. The lowest BCUT2D eigenvalue weighted by atomic mass is 9.85. The minimum absolute atomic E-state index is 0.0216. The molecule has 1 heterocycles. The molecule has 1 aliphatic carbocycles. The lowest BCUT2D eigenvalue weighted by molar-refractivity contribution is -0.138. The van der Waals surface area contributed by atoms with Crippen molar-refractivity contribution in [3.63, 3.8) is 0 Å². The van der Waals surface area contributed by atoms with Gasteiger partial charge in [0.1, 0.15) is 6.10 Å². The smallest absolute Gasteiger partial charge is 0.323 e. The number of carboxylic acids is 1. The molecule has 1 aromatic heterocycles. The quantitative estimate of drug-likeness (QED) is 0.460. The standard InChI is InChI=1S/C25H26N4O4/c30-23(31)14-17-6-12-22(13-7-17)33-25-26-15-19(16-27-25)18-8-10-21(11-9-18)29-24(32)28-20-4-2-1-3-5-20/h1-5,8-11,15-17,22H,6-7,12-14H2,(H,30,31)(H2,28,29,32). The van der Waals surface area contributed by atoms with Gasteiger partial charge in [-0.15, -0.1) is 0 Å². The minimum atomic E-state index is -0.738. The Bertz CT molecular complexity index is 1060. The van der Waals surface area contributed by atoms with Crippen molar-refractivity contribution >= 4 is 23.4 Å². The summed E-state index contributed by atoms with van der Waals surface area (Å²) in [5.41, 5.74) is 3.16. The summed E-state index contributed by atoms with van der Waals surface area (Å²) < 4.78 is 5.89. The Hall–Kier alpha value is -3.94. The Balaban J connectivity index is 1.28. The lowest BCUT2D eigenvalue weighted by Gasteiger charge is -2.27. The van der Waals surface area contributed by atoms with Crippen LogP contribution in [0.25, 0.3) is 11.1 Å². The number of para-hydroxylation sites is 1. The highest BCUT2D eigenvalue weighted by atomic mass is 16.5. The Morgan fingerprint density at radius 3 is 2.06 bits per heavy atom. The number of anilines is 2. The van der Waals surface area contributed by atoms with E-state index >= 15 is 0 Å². The molecule has 8 nitrogen and oxygen atoms in total. The molecule has 3 N–H and O–H groups in total. The van der Waals surface area contributed by atoms with Gasteiger partial charge in [0.15, 0.2) is 0 Å². The highest BCUT2D eigenvalue weighted by Gasteiger charge is 2.24. The molecule has 2 amide bonds. The second kappa shape index (κ2) is 10.6. The molecule has 0 aliphatic heterocycles. The number of amides is 2. The highest BCUT2D eigenvalue weighted by Crippen LogP contribution is 2.29. The number of aromatic nitrogens is 2. The number of nitrogens with one attached hydrogen (secondary N) is 2. The average molecular weight is 447 g/mol. The number of ether oxygens (including phenoxy) is 1. The van der Waals surface area contributed by atoms with E-state index in [9.17, 15) is 9.59 Å². The van der Waals surface area contributed by atoms with E-state index in [2.05, 4.69) is 20.6 Å². The van der Waals surface area contributed by atoms with Gasteiger partial charge in [-0.25, -0.2) is 14.8 Å². The van der Waals surface area contributed by atoms with E-state index in [1.54, 1.807) is 12.4 Å². The summed E-state index contributed by atoms with van der Waals surface area (Å²) >= 11 is 0. The molecule has 170 valence electrons. The number of hydrogen-bond acceptors (Lipinski definition) is 5. The molecule has 0 bridgehead atoms. The fourth-order valence-corrected chi connectivity index (χ4v) is 3.94. The molecule has 1 saturated carbocycles. The van der Waals surface area contributed by atoms with Gasteiger partial charge >= 0.3 is 18.0 Å². The van der Waals surface area contributed by atoms with Gasteiger partial charge in [-0.3, -0.25) is 4.79 Å². The van der Waals surface area contributed by atoms with Crippen molar-refractivity contribution in [2.45, 2.75) is 38.2 Å². The number of rotatable bonds is 7. The molecule has 3 aromatic rings. The summed E-state index contributed by atoms with van der Waals surface area (Å²) in [5.74, 6) is -0.509. The number of hydrogen-bond donors (Lipinski definition) is 3. The SMILES string of the molecule is O=C(O)CC1CCC(Oc2ncc(-c3ccc(NC(=O)Nc4ccccc4)cc3)cn2)CC1. The number of urea groups is 1. The number of nitrogens with zero attached hydrogens (tertiary/aromatic N) is 2. The summed E-state index contributed by atoms with van der Waals surface area (Å²) in [7, 11) is 0. The molecule has 4 rings (SSSR count). The number of carbonyl (C=O) groups is 2. The maximum absolute atomic E-state index is 12.1. The number of aliphatic carboxylic acids is 1. The van der Waals surface area contributed by atoms with Crippen LogP contribution in [0.4, 0.5) is 16.2 Å². The fourth-order valence-electron chi connectivity index (χ4n) is 3.94. The van der Waals surface area contributed by atoms with E-state index in [1.165, 1.54) is 0 Å². The van der Waals surface area contributed by atoms with Gasteiger partial charge in [-0.1, -0.05) is 30.3 Å². The predicted molar refractivity (Wildman–Crippen MR) is 125 cm³/mol. The lowest BCUT2D eigenvalue weighted by Crippen LogP contribution is -2.25. The third-order valence-electron chi connectivity index (χ3n) is 5.67. The third kappa shape index (κ3) is 6.52. The van der Waals surface area contributed by atoms with E-state index in [0.29, 0.717) is 11.7 Å². The topological polar surface area (TPSA) is 113 Å². The predicted octanol–water partition coefficient (Wildman–Crippen LogP) is 5.20. The summed E-state index contributed by atoms with van der Waals surface area (Å²) in [6.07, 6.45) is 6.99. The van der Waals surface area contributed by atoms with Crippen molar-refractivity contribution in [2.24, 2.45) is 5.92 Å². The first-order valence-corrected chi connectivity index (χ1v) is 11.0. The maximum atomic E-state index is 12.1. The zero-order chi connectivity index (χ0) is 23.0. The van der Waals surface area contributed by atoms with Crippen molar-refractivity contribution in [1.82, 2.24) is 9.97 Å². The zero-order valence-corrected chi connectivity index (χ0v) is 18.1. The van der Waals surface area contributed by atoms with E-state index in [4.69, 9.17) is 9.84 Å². The van der Waals surface area contributed by atoms with Gasteiger partial charge in [0, 0.05) is 35.8 Å². The first kappa shape index (κ1) is 22.3. The zero-order valence-electron chi connectivity index (χ0n) is 18.1. The molecule has 0 unspecified atom stereocenters. The second-order valence-corrected chi connectivity index (χ2v) is 8.14. The summed E-state index contributed by atoms with van der Waals surface area (Å²) in [6, 6.07) is 16.7. The van der Waals surface area contributed by atoms with Gasteiger partial charge in [0.05, 0.1) is 0 Å². The molecule has 1 fully saturated rings. The number of benzene rings is 2. The van der Waals surface area contributed by atoms with E-state index < -0.39 is 5.97 Å². The van der Waals surface area contributed by atoms with Crippen LogP contribution in [0.1, 0.15) is 32.1 Å². The Morgan fingerprint density at radius 1 is 0.848 bits per heavy atom. The highest BCUT2D eigenvalue weighted by molar-refractivity contribution is 5.99. The van der Waals surface area contributed by atoms with Crippen molar-refractivity contribution in [1.29, 1.82) is 0 Å². The van der Waals surface area contributed by atoms with E-state index in [-0.39, 0.29) is 24.5 Å². The number of carbonyl (C=O) groups excluding carboxylic acids is 1. The summed E-state index contributed by atoms with van der Waals surface area (Å²) in [6.45, 7) is 0. The van der Waals surface area contributed by atoms with Gasteiger partial charge < -0.3 is 20.5 Å². The van der Waals surface area contributed by atoms with Crippen molar-refractivity contribution in [3.05, 3.63) is 67.0 Å². The fraction of sp³-hybridized carbons (Fsp3) is 0.280. The third-order valence-corrected chi connectivity index (χ3v) is 5.67. The van der Waals surface area contributed by atoms with Gasteiger partial charge in [-0.2, -0.15) is 0 Å². The van der Waals surface area contributed by atoms with Crippen LogP contribution in [0.5, 0.6) is 6.01 Å². The van der Waals surface area contributed by atoms with Gasteiger partial charge in [0.25, 0.3) is 0 Å². The molecule has 0 spiro atoms. The Morgan fingerprint density at radius 2 is 1.45 bits per heavy atom. The largest absolute Gasteiger partial charge is 0.481 e. The maximum Gasteiger partial charge on any atom is 0.323 e. The molecule has 1 aliphatic rings. The van der Waals surface area contributed by atoms with E-state index in [1.807, 2.05) is 54.6 Å². The van der Waals surface area contributed by atoms with Crippen LogP contribution >= 0.6 is 0 Å². The van der Waals surface area contributed by atoms with Crippen LogP contribution in [-0.4, -0.2) is 33.2 Å². The van der Waals surface area contributed by atoms with E-state index in [0.717, 1.165) is 42.5 Å². The van der Waals surface area contributed by atoms with Crippen molar-refractivity contribution < 1.29 is 19.4 Å². The molecule has 0 saturated heterocycles. The first-order valence-electron chi connectivity index (χ1n) is 11.0. The second-order valence-electron chi connectivity index (χ2n) is 8.14. The number of carboxylic acid groups (broad SMARTS) is 1. The van der Waals surface area contributed by atoms with Crippen LogP contribution in [0, 0.1) is 5.92 Å². The van der Waals surface area contributed by atoms with Crippen LogP contribution < -0.4 is 15.4 Å². The first-order chi connectivity index (χ1) is 16.0. The van der Waals surface area contributed by atoms with Crippen LogP contribution in [0.15, 0.2) is 67.0 Å².